The molecule has 136 valence electrons. The monoisotopic (exact) mass is 352 g/mol. The first-order chi connectivity index (χ1) is 12.3. The van der Waals surface area contributed by atoms with Crippen molar-refractivity contribution in [2.75, 3.05) is 0 Å². The first kappa shape index (κ1) is 18.2. The molecular weight excluding hydrogens is 328 g/mol. The fourth-order valence-electron chi connectivity index (χ4n) is 3.22. The molecule has 4 heteroatoms. The van der Waals surface area contributed by atoms with Gasteiger partial charge in [0.1, 0.15) is 0 Å². The highest BCUT2D eigenvalue weighted by atomic mass is 16.7. The predicted molar refractivity (Wildman–Crippen MR) is 99.3 cm³/mol. The van der Waals surface area contributed by atoms with Crippen LogP contribution in [0.4, 0.5) is 0 Å². The highest BCUT2D eigenvalue weighted by Gasteiger charge is 2.51. The van der Waals surface area contributed by atoms with E-state index in [1.54, 1.807) is 27.7 Å². The summed E-state index contributed by atoms with van der Waals surface area (Å²) in [7, 11) is 0. The molecule has 4 nitrogen and oxygen atoms in total. The van der Waals surface area contributed by atoms with Gasteiger partial charge in [-0.25, -0.2) is 0 Å². The van der Waals surface area contributed by atoms with E-state index in [0.717, 1.165) is 22.3 Å². The van der Waals surface area contributed by atoms with E-state index in [-0.39, 0.29) is 11.8 Å². The topological polar surface area (TPSA) is 52.6 Å². The van der Waals surface area contributed by atoms with Crippen LogP contribution in [0.3, 0.4) is 0 Å². The van der Waals surface area contributed by atoms with Gasteiger partial charge in [-0.15, -0.1) is 0 Å². The molecule has 3 rings (SSSR count). The van der Waals surface area contributed by atoms with Crippen LogP contribution < -0.4 is 0 Å². The number of carbonyl (C=O) groups excluding carboxylic acids is 2. The van der Waals surface area contributed by atoms with Gasteiger partial charge in [0.25, 0.3) is 0 Å². The van der Waals surface area contributed by atoms with Crippen molar-refractivity contribution in [2.45, 2.75) is 40.4 Å². The van der Waals surface area contributed by atoms with Gasteiger partial charge in [0.05, 0.1) is 17.4 Å². The number of benzene rings is 2. The minimum Gasteiger partial charge on any atom is -0.413 e. The Morgan fingerprint density at radius 3 is 1.92 bits per heavy atom. The summed E-state index contributed by atoms with van der Waals surface area (Å²) in [5.41, 5.74) is 4.16. The zero-order chi connectivity index (χ0) is 19.1. The Bertz CT molecular complexity index is 842. The summed E-state index contributed by atoms with van der Waals surface area (Å²) in [6.07, 6.45) is 0. The number of hydrogen-bond acceptors (Lipinski definition) is 4. The molecule has 2 aromatic carbocycles. The van der Waals surface area contributed by atoms with E-state index in [1.165, 1.54) is 0 Å². The Hall–Kier alpha value is -2.62. The Morgan fingerprint density at radius 2 is 1.35 bits per heavy atom. The van der Waals surface area contributed by atoms with Crippen molar-refractivity contribution in [1.29, 1.82) is 0 Å². The molecule has 0 aliphatic heterocycles. The van der Waals surface area contributed by atoms with Crippen LogP contribution in [0, 0.1) is 18.8 Å². The second-order valence-electron chi connectivity index (χ2n) is 7.31. The van der Waals surface area contributed by atoms with E-state index in [9.17, 15) is 9.59 Å². The third kappa shape index (κ3) is 2.79. The summed E-state index contributed by atoms with van der Waals surface area (Å²) >= 11 is 0. The van der Waals surface area contributed by atoms with Gasteiger partial charge >= 0.3 is 17.7 Å². The molecule has 0 atom stereocenters. The Kier molecular flexibility index (Phi) is 4.61. The van der Waals surface area contributed by atoms with Crippen molar-refractivity contribution in [3.05, 3.63) is 59.2 Å². The highest BCUT2D eigenvalue weighted by Crippen LogP contribution is 2.52. The summed E-state index contributed by atoms with van der Waals surface area (Å²) in [5, 5.41) is 0. The Morgan fingerprint density at radius 1 is 0.808 bits per heavy atom. The van der Waals surface area contributed by atoms with E-state index in [2.05, 4.69) is 0 Å². The lowest BCUT2D eigenvalue weighted by atomic mass is 9.98. The molecule has 0 unspecified atom stereocenters. The van der Waals surface area contributed by atoms with Gasteiger partial charge in [0.2, 0.25) is 0 Å². The van der Waals surface area contributed by atoms with E-state index in [0.29, 0.717) is 5.56 Å². The van der Waals surface area contributed by atoms with Gasteiger partial charge < -0.3 is 9.47 Å². The van der Waals surface area contributed by atoms with E-state index < -0.39 is 17.7 Å². The van der Waals surface area contributed by atoms with Gasteiger partial charge in [-0.1, -0.05) is 70.2 Å². The lowest BCUT2D eigenvalue weighted by molar-refractivity contribution is -0.222. The molecule has 2 aromatic rings. The minimum atomic E-state index is -1.54. The van der Waals surface area contributed by atoms with Gasteiger partial charge in [-0.3, -0.25) is 9.59 Å². The van der Waals surface area contributed by atoms with E-state index >= 15 is 0 Å². The zero-order valence-electron chi connectivity index (χ0n) is 15.8. The van der Waals surface area contributed by atoms with Gasteiger partial charge in [0.15, 0.2) is 0 Å². The molecule has 0 N–H and O–H groups in total. The van der Waals surface area contributed by atoms with Crippen LogP contribution in [0.1, 0.15) is 44.4 Å². The summed E-state index contributed by atoms with van der Waals surface area (Å²) in [6.45, 7) is 8.99. The van der Waals surface area contributed by atoms with Crippen LogP contribution in [0.2, 0.25) is 0 Å². The van der Waals surface area contributed by atoms with E-state index in [1.807, 2.05) is 49.4 Å². The van der Waals surface area contributed by atoms with Gasteiger partial charge in [-0.05, 0) is 23.6 Å². The second kappa shape index (κ2) is 6.60. The Balaban J connectivity index is 2.28. The van der Waals surface area contributed by atoms with Gasteiger partial charge in [0, 0.05) is 5.56 Å². The summed E-state index contributed by atoms with van der Waals surface area (Å²) in [6, 6.07) is 13.5. The number of esters is 2. The fourth-order valence-corrected chi connectivity index (χ4v) is 3.22. The SMILES string of the molecule is Cc1cccc2c1C(OC(=O)C(C)C)(OC(=O)C(C)C)c1ccccc1-2. The molecule has 26 heavy (non-hydrogen) atoms. The molecule has 1 aliphatic carbocycles. The molecule has 0 bridgehead atoms. The molecule has 1 aliphatic rings. The molecule has 0 radical (unpaired) electrons. The molecule has 0 amide bonds. The summed E-state index contributed by atoms with van der Waals surface area (Å²) in [4.78, 5) is 25.1. The van der Waals surface area contributed by atoms with Crippen molar-refractivity contribution in [1.82, 2.24) is 0 Å². The van der Waals surface area contributed by atoms with E-state index in [4.69, 9.17) is 9.47 Å². The van der Waals surface area contributed by atoms with Crippen molar-refractivity contribution >= 4 is 11.9 Å². The highest BCUT2D eigenvalue weighted by molar-refractivity contribution is 5.85. The van der Waals surface area contributed by atoms with Crippen LogP contribution in [-0.2, 0) is 24.8 Å². The second-order valence-corrected chi connectivity index (χ2v) is 7.31. The third-order valence-corrected chi connectivity index (χ3v) is 4.61. The maximum Gasteiger partial charge on any atom is 0.312 e. The standard InChI is InChI=1S/C22H24O4/c1-13(2)20(23)25-22(26-21(24)14(3)4)18-12-7-6-10-16(18)17-11-8-9-15(5)19(17)22/h6-14H,1-5H3. The molecular formula is C22H24O4. The molecule has 0 fully saturated rings. The van der Waals surface area contributed by atoms with Crippen LogP contribution >= 0.6 is 0 Å². The number of hydrogen-bond donors (Lipinski definition) is 0. The zero-order valence-corrected chi connectivity index (χ0v) is 15.8. The lowest BCUT2D eigenvalue weighted by Crippen LogP contribution is -2.39. The van der Waals surface area contributed by atoms with Crippen LogP contribution in [0.15, 0.2) is 42.5 Å². The number of carbonyl (C=O) groups is 2. The van der Waals surface area contributed by atoms with Crippen molar-refractivity contribution in [2.24, 2.45) is 11.8 Å². The number of aryl methyl sites for hydroxylation is 1. The molecule has 0 heterocycles. The average molecular weight is 352 g/mol. The predicted octanol–water partition coefficient (Wildman–Crippen LogP) is 4.57. The Labute approximate surface area is 154 Å². The quantitative estimate of drug-likeness (QED) is 0.597. The third-order valence-electron chi connectivity index (χ3n) is 4.61. The average Bonchev–Trinajstić information content (AvgIpc) is 2.86. The maximum absolute atomic E-state index is 12.6. The fraction of sp³-hybridized carbons (Fsp3) is 0.364. The van der Waals surface area contributed by atoms with Crippen LogP contribution in [-0.4, -0.2) is 11.9 Å². The van der Waals surface area contributed by atoms with Crippen molar-refractivity contribution < 1.29 is 19.1 Å². The van der Waals surface area contributed by atoms with Crippen LogP contribution in [0.25, 0.3) is 11.1 Å². The molecule has 0 saturated carbocycles. The van der Waals surface area contributed by atoms with Crippen LogP contribution in [0.5, 0.6) is 0 Å². The largest absolute Gasteiger partial charge is 0.413 e. The number of fused-ring (bicyclic) bond motifs is 3. The minimum absolute atomic E-state index is 0.343. The summed E-state index contributed by atoms with van der Waals surface area (Å²) in [5.74, 6) is -3.05. The number of rotatable bonds is 4. The van der Waals surface area contributed by atoms with Crippen molar-refractivity contribution in [3.8, 4) is 11.1 Å². The normalized spacial score (nSPS) is 14.1. The molecule has 0 aromatic heterocycles. The first-order valence-corrected chi connectivity index (χ1v) is 8.93. The van der Waals surface area contributed by atoms with Gasteiger partial charge in [-0.2, -0.15) is 0 Å². The first-order valence-electron chi connectivity index (χ1n) is 8.93. The smallest absolute Gasteiger partial charge is 0.312 e. The summed E-state index contributed by atoms with van der Waals surface area (Å²) < 4.78 is 11.9. The maximum atomic E-state index is 12.6. The lowest BCUT2D eigenvalue weighted by Gasteiger charge is -2.33. The van der Waals surface area contributed by atoms with Crippen molar-refractivity contribution in [3.63, 3.8) is 0 Å². The molecule has 0 spiro atoms. The molecule has 0 saturated heterocycles. The number of ether oxygens (including phenoxy) is 2.